The highest BCUT2D eigenvalue weighted by atomic mass is 35.5. The first kappa shape index (κ1) is 13.5. The summed E-state index contributed by atoms with van der Waals surface area (Å²) in [6.07, 6.45) is -0.264. The molecule has 0 saturated carbocycles. The van der Waals surface area contributed by atoms with Gasteiger partial charge in [0.25, 0.3) is 0 Å². The van der Waals surface area contributed by atoms with E-state index < -0.39 is 0 Å². The fourth-order valence-electron chi connectivity index (χ4n) is 2.03. The van der Waals surface area contributed by atoms with Gasteiger partial charge in [-0.3, -0.25) is 4.90 Å². The van der Waals surface area contributed by atoms with Crippen LogP contribution in [-0.2, 0) is 11.3 Å². The zero-order chi connectivity index (χ0) is 13.3. The minimum atomic E-state index is -0.264. The number of ether oxygens (including phenoxy) is 1. The predicted molar refractivity (Wildman–Crippen MR) is 72.0 cm³/mol. The fraction of sp³-hybridized carbons (Fsp3) is 0.462. The van der Waals surface area contributed by atoms with Gasteiger partial charge in [-0.05, 0) is 23.6 Å². The van der Waals surface area contributed by atoms with Crippen molar-refractivity contribution in [3.05, 3.63) is 33.8 Å². The van der Waals surface area contributed by atoms with E-state index in [9.17, 15) is 4.79 Å². The third-order valence-corrected chi connectivity index (χ3v) is 3.86. The fourth-order valence-corrected chi connectivity index (χ4v) is 2.35. The van der Waals surface area contributed by atoms with Crippen molar-refractivity contribution in [1.29, 1.82) is 0 Å². The number of nitrogens with zero attached hydrogens (tertiary/aromatic N) is 1. The Bertz CT molecular complexity index is 462. The number of carbonyl (C=O) groups excluding carboxylic acids is 1. The van der Waals surface area contributed by atoms with Crippen LogP contribution in [0, 0.1) is 5.92 Å². The van der Waals surface area contributed by atoms with Crippen LogP contribution in [0.2, 0.25) is 10.0 Å². The molecule has 1 atom stereocenters. The average Bonchev–Trinajstić information content (AvgIpc) is 2.66. The summed E-state index contributed by atoms with van der Waals surface area (Å²) in [6.45, 7) is 5.11. The molecule has 1 aliphatic rings. The first-order chi connectivity index (χ1) is 8.49. The van der Waals surface area contributed by atoms with Crippen molar-refractivity contribution in [3.63, 3.8) is 0 Å². The molecule has 1 fully saturated rings. The molecule has 5 heteroatoms. The molecule has 0 spiro atoms. The van der Waals surface area contributed by atoms with Crippen LogP contribution < -0.4 is 0 Å². The van der Waals surface area contributed by atoms with Crippen molar-refractivity contribution in [2.75, 3.05) is 6.61 Å². The Hall–Kier alpha value is -0.930. The molecular formula is C13H15Cl2NO2. The minimum absolute atomic E-state index is 0.118. The summed E-state index contributed by atoms with van der Waals surface area (Å²) in [6, 6.07) is 5.52. The summed E-state index contributed by atoms with van der Waals surface area (Å²) in [7, 11) is 0. The summed E-state index contributed by atoms with van der Waals surface area (Å²) in [4.78, 5) is 13.4. The second kappa shape index (κ2) is 5.37. The SMILES string of the molecule is CC(C)C1COC(=O)N1Cc1ccc(Cl)c(Cl)c1. The van der Waals surface area contributed by atoms with Crippen LogP contribution in [0.25, 0.3) is 0 Å². The molecule has 1 unspecified atom stereocenters. The van der Waals surface area contributed by atoms with E-state index >= 15 is 0 Å². The number of hydrogen-bond acceptors (Lipinski definition) is 2. The largest absolute Gasteiger partial charge is 0.447 e. The van der Waals surface area contributed by atoms with Crippen molar-refractivity contribution >= 4 is 29.3 Å². The molecule has 98 valence electrons. The van der Waals surface area contributed by atoms with E-state index in [-0.39, 0.29) is 12.1 Å². The Balaban J connectivity index is 2.16. The van der Waals surface area contributed by atoms with Crippen LogP contribution in [0.15, 0.2) is 18.2 Å². The van der Waals surface area contributed by atoms with Crippen LogP contribution in [0.3, 0.4) is 0 Å². The summed E-state index contributed by atoms with van der Waals surface area (Å²) in [5.74, 6) is 0.360. The van der Waals surface area contributed by atoms with Crippen molar-refractivity contribution in [2.45, 2.75) is 26.4 Å². The summed E-state index contributed by atoms with van der Waals surface area (Å²) < 4.78 is 5.09. The Kier molecular flexibility index (Phi) is 4.03. The van der Waals surface area contributed by atoms with E-state index in [1.54, 1.807) is 17.0 Å². The molecule has 0 radical (unpaired) electrons. The molecule has 0 aliphatic carbocycles. The Morgan fingerprint density at radius 2 is 2.11 bits per heavy atom. The van der Waals surface area contributed by atoms with Gasteiger partial charge >= 0.3 is 6.09 Å². The van der Waals surface area contributed by atoms with Crippen LogP contribution in [0.5, 0.6) is 0 Å². The van der Waals surface area contributed by atoms with Crippen molar-refractivity contribution in [2.24, 2.45) is 5.92 Å². The zero-order valence-corrected chi connectivity index (χ0v) is 11.8. The molecule has 0 aromatic heterocycles. The lowest BCUT2D eigenvalue weighted by atomic mass is 10.0. The molecule has 1 aromatic rings. The minimum Gasteiger partial charge on any atom is -0.447 e. The zero-order valence-electron chi connectivity index (χ0n) is 10.3. The molecular weight excluding hydrogens is 273 g/mol. The van der Waals surface area contributed by atoms with Crippen molar-refractivity contribution < 1.29 is 9.53 Å². The van der Waals surface area contributed by atoms with Gasteiger partial charge in [0.2, 0.25) is 0 Å². The molecule has 1 aliphatic heterocycles. The van der Waals surface area contributed by atoms with E-state index in [1.807, 2.05) is 6.07 Å². The second-order valence-electron chi connectivity index (χ2n) is 4.76. The van der Waals surface area contributed by atoms with Crippen molar-refractivity contribution in [3.8, 4) is 0 Å². The average molecular weight is 288 g/mol. The van der Waals surface area contributed by atoms with Crippen LogP contribution >= 0.6 is 23.2 Å². The molecule has 0 bridgehead atoms. The van der Waals surface area contributed by atoms with Gasteiger partial charge in [-0.1, -0.05) is 43.1 Å². The number of carbonyl (C=O) groups is 1. The van der Waals surface area contributed by atoms with Gasteiger partial charge in [0.05, 0.1) is 16.1 Å². The predicted octanol–water partition coefficient (Wildman–Crippen LogP) is 3.97. The third-order valence-electron chi connectivity index (χ3n) is 3.12. The number of halogens is 2. The quantitative estimate of drug-likeness (QED) is 0.842. The smallest absolute Gasteiger partial charge is 0.410 e. The normalized spacial score (nSPS) is 19.5. The molecule has 18 heavy (non-hydrogen) atoms. The Morgan fingerprint density at radius 3 is 2.72 bits per heavy atom. The van der Waals surface area contributed by atoms with Gasteiger partial charge in [-0.15, -0.1) is 0 Å². The highest BCUT2D eigenvalue weighted by molar-refractivity contribution is 6.42. The monoisotopic (exact) mass is 287 g/mol. The maximum Gasteiger partial charge on any atom is 0.410 e. The Morgan fingerprint density at radius 1 is 1.39 bits per heavy atom. The topological polar surface area (TPSA) is 29.5 Å². The van der Waals surface area contributed by atoms with E-state index in [2.05, 4.69) is 13.8 Å². The number of hydrogen-bond donors (Lipinski definition) is 0. The van der Waals surface area contributed by atoms with Gasteiger partial charge in [0.1, 0.15) is 6.61 Å². The molecule has 1 saturated heterocycles. The van der Waals surface area contributed by atoms with E-state index in [0.717, 1.165) is 5.56 Å². The number of benzene rings is 1. The standard InChI is InChI=1S/C13H15Cl2NO2/c1-8(2)12-7-18-13(17)16(12)6-9-3-4-10(14)11(15)5-9/h3-5,8,12H,6-7H2,1-2H3. The molecule has 2 rings (SSSR count). The van der Waals surface area contributed by atoms with Gasteiger partial charge in [-0.25, -0.2) is 4.79 Å². The maximum atomic E-state index is 11.7. The van der Waals surface area contributed by atoms with E-state index in [0.29, 0.717) is 29.1 Å². The van der Waals surface area contributed by atoms with Crippen LogP contribution in [0.1, 0.15) is 19.4 Å². The number of cyclic esters (lactones) is 1. The lowest BCUT2D eigenvalue weighted by Gasteiger charge is -2.24. The van der Waals surface area contributed by atoms with E-state index in [1.165, 1.54) is 0 Å². The van der Waals surface area contributed by atoms with Crippen LogP contribution in [0.4, 0.5) is 4.79 Å². The Labute approximate surface area is 117 Å². The third kappa shape index (κ3) is 2.73. The second-order valence-corrected chi connectivity index (χ2v) is 5.58. The molecule has 1 heterocycles. The lowest BCUT2D eigenvalue weighted by molar-refractivity contribution is 0.155. The summed E-state index contributed by atoms with van der Waals surface area (Å²) >= 11 is 11.8. The molecule has 3 nitrogen and oxygen atoms in total. The number of rotatable bonds is 3. The van der Waals surface area contributed by atoms with Gasteiger partial charge in [0.15, 0.2) is 0 Å². The number of amides is 1. The van der Waals surface area contributed by atoms with Crippen LogP contribution in [-0.4, -0.2) is 23.6 Å². The molecule has 1 amide bonds. The highest BCUT2D eigenvalue weighted by Gasteiger charge is 2.34. The maximum absolute atomic E-state index is 11.7. The first-order valence-electron chi connectivity index (χ1n) is 5.86. The summed E-state index contributed by atoms with van der Waals surface area (Å²) in [5, 5.41) is 1.02. The lowest BCUT2D eigenvalue weighted by Crippen LogP contribution is -2.36. The molecule has 1 aromatic carbocycles. The van der Waals surface area contributed by atoms with Gasteiger partial charge in [-0.2, -0.15) is 0 Å². The van der Waals surface area contributed by atoms with Gasteiger partial charge in [0, 0.05) is 6.54 Å². The first-order valence-corrected chi connectivity index (χ1v) is 6.62. The van der Waals surface area contributed by atoms with Crippen molar-refractivity contribution in [1.82, 2.24) is 4.90 Å². The van der Waals surface area contributed by atoms with E-state index in [4.69, 9.17) is 27.9 Å². The summed E-state index contributed by atoms with van der Waals surface area (Å²) in [5.41, 5.74) is 0.953. The molecule has 0 N–H and O–H groups in total. The van der Waals surface area contributed by atoms with Gasteiger partial charge < -0.3 is 4.74 Å². The highest BCUT2D eigenvalue weighted by Crippen LogP contribution is 2.26.